The number of halogens is 1. The second-order valence-electron chi connectivity index (χ2n) is 9.02. The third-order valence-corrected chi connectivity index (χ3v) is 6.80. The van der Waals surface area contributed by atoms with Crippen LogP contribution in [0.4, 0.5) is 0 Å². The highest BCUT2D eigenvalue weighted by Gasteiger charge is 2.46. The molecule has 9 heteroatoms. The molecule has 1 heterocycles. The lowest BCUT2D eigenvalue weighted by molar-refractivity contribution is -0.140. The van der Waals surface area contributed by atoms with Crippen LogP contribution in [0.2, 0.25) is 5.02 Å². The molecule has 0 radical (unpaired) electrons. The fourth-order valence-electron chi connectivity index (χ4n) is 4.46. The fraction of sp³-hybridized carbons (Fsp3) is 0.267. The zero-order chi connectivity index (χ0) is 28.1. The van der Waals surface area contributed by atoms with Crippen molar-refractivity contribution in [1.29, 1.82) is 0 Å². The van der Waals surface area contributed by atoms with Gasteiger partial charge in [0.2, 0.25) is 0 Å². The Kier molecular flexibility index (Phi) is 8.79. The monoisotopic (exact) mass is 551 g/mol. The number of carbonyl (C=O) groups is 2. The number of methoxy groups -OCH3 is 3. The number of aryl methyl sites for hydroxylation is 1. The average Bonchev–Trinajstić information content (AvgIpc) is 3.20. The summed E-state index contributed by atoms with van der Waals surface area (Å²) in [4.78, 5) is 27.9. The summed E-state index contributed by atoms with van der Waals surface area (Å²) in [6.07, 6.45) is 0. The summed E-state index contributed by atoms with van der Waals surface area (Å²) in [6.45, 7) is 2.70. The zero-order valence-corrected chi connectivity index (χ0v) is 22.9. The predicted molar refractivity (Wildman–Crippen MR) is 147 cm³/mol. The Morgan fingerprint density at radius 2 is 1.69 bits per heavy atom. The number of Topliss-reactive ketones (excluding diaryl/α,β-unsaturated/α-hetero) is 1. The van der Waals surface area contributed by atoms with Crippen molar-refractivity contribution in [1.82, 2.24) is 4.90 Å². The van der Waals surface area contributed by atoms with Crippen LogP contribution in [0.25, 0.3) is 5.76 Å². The van der Waals surface area contributed by atoms with Gasteiger partial charge in [0, 0.05) is 19.7 Å². The molecule has 0 saturated carbocycles. The zero-order valence-electron chi connectivity index (χ0n) is 22.2. The summed E-state index contributed by atoms with van der Waals surface area (Å²) in [6, 6.07) is 17.2. The third kappa shape index (κ3) is 5.87. The number of ether oxygens (including phenoxy) is 4. The maximum Gasteiger partial charge on any atom is 0.295 e. The molecule has 0 aromatic heterocycles. The normalized spacial score (nSPS) is 16.4. The van der Waals surface area contributed by atoms with Crippen molar-refractivity contribution in [2.45, 2.75) is 19.6 Å². The molecule has 1 unspecified atom stereocenters. The van der Waals surface area contributed by atoms with Gasteiger partial charge in [-0.3, -0.25) is 9.59 Å². The minimum absolute atomic E-state index is 0.0885. The number of likely N-dealkylation sites (tertiary alicyclic amines) is 1. The van der Waals surface area contributed by atoms with E-state index in [1.54, 1.807) is 24.3 Å². The van der Waals surface area contributed by atoms with E-state index >= 15 is 0 Å². The highest BCUT2D eigenvalue weighted by molar-refractivity contribution is 6.46. The molecule has 1 amide bonds. The molecule has 0 aliphatic carbocycles. The summed E-state index contributed by atoms with van der Waals surface area (Å²) in [5.41, 5.74) is 2.82. The van der Waals surface area contributed by atoms with E-state index in [-0.39, 0.29) is 40.8 Å². The quantitative estimate of drug-likeness (QED) is 0.207. The van der Waals surface area contributed by atoms with E-state index in [2.05, 4.69) is 0 Å². The van der Waals surface area contributed by atoms with Crippen LogP contribution < -0.4 is 14.2 Å². The van der Waals surface area contributed by atoms with Crippen molar-refractivity contribution in [3.8, 4) is 17.2 Å². The maximum atomic E-state index is 13.3. The highest BCUT2D eigenvalue weighted by Crippen LogP contribution is 2.43. The number of rotatable bonds is 10. The number of benzene rings is 3. The number of amides is 1. The summed E-state index contributed by atoms with van der Waals surface area (Å²) in [5, 5.41) is 11.8. The van der Waals surface area contributed by atoms with Gasteiger partial charge in [0.15, 0.2) is 0 Å². The lowest BCUT2D eigenvalue weighted by atomic mass is 9.94. The minimum Gasteiger partial charge on any atom is -0.507 e. The first-order valence-electron chi connectivity index (χ1n) is 12.3. The lowest BCUT2D eigenvalue weighted by Gasteiger charge is -2.25. The van der Waals surface area contributed by atoms with Gasteiger partial charge in [0.25, 0.3) is 11.7 Å². The van der Waals surface area contributed by atoms with Gasteiger partial charge in [-0.05, 0) is 36.2 Å². The predicted octanol–water partition coefficient (Wildman–Crippen LogP) is 5.31. The van der Waals surface area contributed by atoms with Crippen molar-refractivity contribution in [2.75, 3.05) is 34.5 Å². The smallest absolute Gasteiger partial charge is 0.295 e. The van der Waals surface area contributed by atoms with Gasteiger partial charge >= 0.3 is 0 Å². The standard InChI is InChI=1S/C30H30ClNO7/c1-18-8-10-19(11-9-18)17-39-21-7-5-6-20(14-21)27-26(29(34)30(35)32(27)12-13-36-2)28(33)22-15-25(38-4)23(31)16-24(22)37-3/h5-11,14-16,27,33H,12-13,17H2,1-4H3/b28-26+. The van der Waals surface area contributed by atoms with E-state index < -0.39 is 23.5 Å². The molecule has 0 bridgehead atoms. The van der Waals surface area contributed by atoms with Crippen LogP contribution in [0.1, 0.15) is 28.3 Å². The fourth-order valence-corrected chi connectivity index (χ4v) is 4.69. The van der Waals surface area contributed by atoms with Crippen molar-refractivity contribution >= 4 is 29.1 Å². The van der Waals surface area contributed by atoms with E-state index in [9.17, 15) is 14.7 Å². The molecule has 3 aromatic carbocycles. The summed E-state index contributed by atoms with van der Waals surface area (Å²) in [5.74, 6) is -0.932. The third-order valence-electron chi connectivity index (χ3n) is 6.51. The Morgan fingerprint density at radius 1 is 0.974 bits per heavy atom. The maximum absolute atomic E-state index is 13.3. The van der Waals surface area contributed by atoms with Crippen LogP contribution in [-0.4, -0.2) is 56.2 Å². The van der Waals surface area contributed by atoms with Gasteiger partial charge in [-0.1, -0.05) is 53.6 Å². The minimum atomic E-state index is -0.894. The van der Waals surface area contributed by atoms with E-state index in [4.69, 9.17) is 30.5 Å². The molecule has 1 saturated heterocycles. The van der Waals surface area contributed by atoms with Crippen molar-refractivity contribution in [2.24, 2.45) is 0 Å². The topological polar surface area (TPSA) is 94.5 Å². The SMILES string of the molecule is COCCN1C(=O)C(=O)/C(=C(/O)c2cc(OC)c(Cl)cc2OC)C1c1cccc(OCc2ccc(C)cc2)c1. The molecular weight excluding hydrogens is 522 g/mol. The van der Waals surface area contributed by atoms with Gasteiger partial charge < -0.3 is 29.0 Å². The Labute approximate surface area is 232 Å². The number of aliphatic hydroxyl groups excluding tert-OH is 1. The van der Waals surface area contributed by atoms with Gasteiger partial charge in [0.05, 0.1) is 43.0 Å². The summed E-state index contributed by atoms with van der Waals surface area (Å²) in [7, 11) is 4.36. The summed E-state index contributed by atoms with van der Waals surface area (Å²) >= 11 is 6.24. The molecule has 204 valence electrons. The van der Waals surface area contributed by atoms with Crippen LogP contribution >= 0.6 is 11.6 Å². The first-order valence-corrected chi connectivity index (χ1v) is 12.6. The molecule has 39 heavy (non-hydrogen) atoms. The number of hydrogen-bond acceptors (Lipinski definition) is 7. The Bertz CT molecular complexity index is 1400. The Morgan fingerprint density at radius 3 is 2.36 bits per heavy atom. The Balaban J connectivity index is 1.79. The van der Waals surface area contributed by atoms with Gasteiger partial charge in [-0.15, -0.1) is 0 Å². The van der Waals surface area contributed by atoms with Crippen LogP contribution in [-0.2, 0) is 20.9 Å². The van der Waals surface area contributed by atoms with Crippen LogP contribution in [0, 0.1) is 6.92 Å². The summed E-state index contributed by atoms with van der Waals surface area (Å²) < 4.78 is 21.9. The van der Waals surface area contributed by atoms with E-state index in [1.165, 1.54) is 38.4 Å². The van der Waals surface area contributed by atoms with E-state index in [1.807, 2.05) is 31.2 Å². The second kappa shape index (κ2) is 12.2. The molecule has 3 aromatic rings. The number of carbonyl (C=O) groups excluding carboxylic acids is 2. The van der Waals surface area contributed by atoms with Crippen molar-refractivity contribution in [3.63, 3.8) is 0 Å². The first-order chi connectivity index (χ1) is 18.8. The van der Waals surface area contributed by atoms with Crippen molar-refractivity contribution in [3.05, 3.63) is 93.5 Å². The molecule has 8 nitrogen and oxygen atoms in total. The highest BCUT2D eigenvalue weighted by atomic mass is 35.5. The average molecular weight is 552 g/mol. The Hall–Kier alpha value is -4.01. The molecular formula is C30H30ClNO7. The number of nitrogens with zero attached hydrogens (tertiary/aromatic N) is 1. The number of hydrogen-bond donors (Lipinski definition) is 1. The van der Waals surface area contributed by atoms with E-state index in [0.717, 1.165) is 11.1 Å². The number of ketones is 1. The molecule has 1 fully saturated rings. The molecule has 1 aliphatic heterocycles. The van der Waals surface area contributed by atoms with Crippen molar-refractivity contribution < 1.29 is 33.6 Å². The molecule has 4 rings (SSSR count). The number of aliphatic hydroxyl groups is 1. The first kappa shape index (κ1) is 28.0. The molecule has 1 atom stereocenters. The largest absolute Gasteiger partial charge is 0.507 e. The van der Waals surface area contributed by atoms with Crippen LogP contribution in [0.3, 0.4) is 0 Å². The molecule has 0 spiro atoms. The lowest BCUT2D eigenvalue weighted by Crippen LogP contribution is -2.32. The second-order valence-corrected chi connectivity index (χ2v) is 9.43. The van der Waals surface area contributed by atoms with Crippen LogP contribution in [0.15, 0.2) is 66.2 Å². The molecule has 1 aliphatic rings. The van der Waals surface area contributed by atoms with Gasteiger partial charge in [-0.25, -0.2) is 0 Å². The molecule has 1 N–H and O–H groups in total. The van der Waals surface area contributed by atoms with Gasteiger partial charge in [-0.2, -0.15) is 0 Å². The van der Waals surface area contributed by atoms with E-state index in [0.29, 0.717) is 17.9 Å². The van der Waals surface area contributed by atoms with Gasteiger partial charge in [0.1, 0.15) is 29.6 Å². The van der Waals surface area contributed by atoms with Crippen LogP contribution in [0.5, 0.6) is 17.2 Å².